The monoisotopic (exact) mass is 285 g/mol. The molecule has 0 spiro atoms. The maximum Gasteiger partial charge on any atom is 0.358 e. The molecule has 2 aromatic heterocycles. The van der Waals surface area contributed by atoms with Crippen LogP contribution in [0.25, 0.3) is 10.8 Å². The van der Waals surface area contributed by atoms with Crippen molar-refractivity contribution >= 4 is 17.3 Å². The van der Waals surface area contributed by atoms with Crippen LogP contribution in [0.15, 0.2) is 58.5 Å². The molecule has 0 aliphatic carbocycles. The van der Waals surface area contributed by atoms with E-state index < -0.39 is 5.97 Å². The molecule has 0 unspecified atom stereocenters. The Morgan fingerprint density at radius 3 is 2.80 bits per heavy atom. The van der Waals surface area contributed by atoms with E-state index in [-0.39, 0.29) is 6.61 Å². The SMILES string of the molecule is O=C(OCc1ccccc1)c1csc(-c2ccco2)n1. The number of rotatable bonds is 4. The first-order valence-corrected chi connectivity index (χ1v) is 6.91. The number of furan rings is 1. The van der Waals surface area contributed by atoms with Gasteiger partial charge in [0.1, 0.15) is 6.61 Å². The molecule has 4 nitrogen and oxygen atoms in total. The predicted octanol–water partition coefficient (Wildman–Crippen LogP) is 3.76. The van der Waals surface area contributed by atoms with Crippen molar-refractivity contribution in [2.75, 3.05) is 0 Å². The summed E-state index contributed by atoms with van der Waals surface area (Å²) in [6.07, 6.45) is 1.57. The molecule has 0 fully saturated rings. The van der Waals surface area contributed by atoms with E-state index in [9.17, 15) is 4.79 Å². The number of hydrogen-bond donors (Lipinski definition) is 0. The third-order valence-electron chi connectivity index (χ3n) is 2.66. The molecule has 0 aliphatic heterocycles. The van der Waals surface area contributed by atoms with E-state index in [1.807, 2.05) is 30.3 Å². The lowest BCUT2D eigenvalue weighted by Crippen LogP contribution is -2.05. The maximum atomic E-state index is 11.9. The molecule has 2 heterocycles. The van der Waals surface area contributed by atoms with Gasteiger partial charge in [0.2, 0.25) is 0 Å². The first-order chi connectivity index (χ1) is 9.83. The summed E-state index contributed by atoms with van der Waals surface area (Å²) in [6, 6.07) is 13.1. The number of ether oxygens (including phenoxy) is 1. The van der Waals surface area contributed by atoms with Crippen molar-refractivity contribution in [1.82, 2.24) is 4.98 Å². The average Bonchev–Trinajstić information content (AvgIpc) is 3.16. The number of aromatic nitrogens is 1. The zero-order valence-corrected chi connectivity index (χ0v) is 11.3. The van der Waals surface area contributed by atoms with Crippen LogP contribution in [-0.2, 0) is 11.3 Å². The zero-order chi connectivity index (χ0) is 13.8. The summed E-state index contributed by atoms with van der Waals surface area (Å²) < 4.78 is 10.5. The fraction of sp³-hybridized carbons (Fsp3) is 0.0667. The molecule has 100 valence electrons. The average molecular weight is 285 g/mol. The van der Waals surface area contributed by atoms with Gasteiger partial charge in [0, 0.05) is 5.38 Å². The largest absolute Gasteiger partial charge is 0.462 e. The Hall–Kier alpha value is -2.40. The van der Waals surface area contributed by atoms with Gasteiger partial charge in [-0.1, -0.05) is 30.3 Å². The lowest BCUT2D eigenvalue weighted by atomic mass is 10.2. The Balaban J connectivity index is 1.66. The molecule has 0 saturated carbocycles. The topological polar surface area (TPSA) is 52.3 Å². The summed E-state index contributed by atoms with van der Waals surface area (Å²) in [5.74, 6) is 0.222. The second-order valence-electron chi connectivity index (χ2n) is 4.08. The van der Waals surface area contributed by atoms with Gasteiger partial charge in [-0.15, -0.1) is 11.3 Å². The van der Waals surface area contributed by atoms with Crippen molar-refractivity contribution in [1.29, 1.82) is 0 Å². The van der Waals surface area contributed by atoms with E-state index in [2.05, 4.69) is 4.98 Å². The third-order valence-corrected chi connectivity index (χ3v) is 3.51. The molecule has 3 rings (SSSR count). The summed E-state index contributed by atoms with van der Waals surface area (Å²) in [5.41, 5.74) is 1.25. The highest BCUT2D eigenvalue weighted by Gasteiger charge is 2.14. The Morgan fingerprint density at radius 2 is 2.05 bits per heavy atom. The Bertz CT molecular complexity index is 689. The van der Waals surface area contributed by atoms with Crippen molar-refractivity contribution in [2.24, 2.45) is 0 Å². The predicted molar refractivity (Wildman–Crippen MR) is 75.4 cm³/mol. The second kappa shape index (κ2) is 5.71. The van der Waals surface area contributed by atoms with Gasteiger partial charge >= 0.3 is 5.97 Å². The van der Waals surface area contributed by atoms with Crippen LogP contribution in [0, 0.1) is 0 Å². The highest BCUT2D eigenvalue weighted by atomic mass is 32.1. The van der Waals surface area contributed by atoms with E-state index in [1.165, 1.54) is 11.3 Å². The molecule has 0 aliphatic rings. The van der Waals surface area contributed by atoms with Crippen LogP contribution in [-0.4, -0.2) is 11.0 Å². The molecule has 20 heavy (non-hydrogen) atoms. The summed E-state index contributed by atoms with van der Waals surface area (Å²) in [6.45, 7) is 0.243. The van der Waals surface area contributed by atoms with Gasteiger partial charge in [-0.25, -0.2) is 9.78 Å². The van der Waals surface area contributed by atoms with Crippen LogP contribution < -0.4 is 0 Å². The Morgan fingerprint density at radius 1 is 1.20 bits per heavy atom. The molecule has 3 aromatic rings. The van der Waals surface area contributed by atoms with E-state index in [4.69, 9.17) is 9.15 Å². The number of hydrogen-bond acceptors (Lipinski definition) is 5. The molecule has 0 saturated heterocycles. The zero-order valence-electron chi connectivity index (χ0n) is 10.5. The minimum Gasteiger partial charge on any atom is -0.462 e. The van der Waals surface area contributed by atoms with Crippen LogP contribution in [0.1, 0.15) is 16.1 Å². The quantitative estimate of drug-likeness (QED) is 0.685. The summed E-state index contributed by atoms with van der Waals surface area (Å²) >= 11 is 1.35. The van der Waals surface area contributed by atoms with Crippen molar-refractivity contribution in [3.63, 3.8) is 0 Å². The lowest BCUT2D eigenvalue weighted by molar-refractivity contribution is 0.0467. The number of benzene rings is 1. The minimum atomic E-state index is -0.428. The first kappa shape index (κ1) is 12.6. The fourth-order valence-corrected chi connectivity index (χ4v) is 2.43. The van der Waals surface area contributed by atoms with Gasteiger partial charge in [-0.05, 0) is 17.7 Å². The van der Waals surface area contributed by atoms with Crippen LogP contribution in [0.5, 0.6) is 0 Å². The highest BCUT2D eigenvalue weighted by Crippen LogP contribution is 2.24. The van der Waals surface area contributed by atoms with Crippen LogP contribution in [0.3, 0.4) is 0 Å². The van der Waals surface area contributed by atoms with Crippen molar-refractivity contribution in [3.8, 4) is 10.8 Å². The molecular weight excluding hydrogens is 274 g/mol. The summed E-state index contributed by atoms with van der Waals surface area (Å²) in [7, 11) is 0. The molecule has 0 bridgehead atoms. The Kier molecular flexibility index (Phi) is 3.60. The standard InChI is InChI=1S/C15H11NO3S/c17-15(19-9-11-5-2-1-3-6-11)12-10-20-14(16-12)13-7-4-8-18-13/h1-8,10H,9H2. The van der Waals surface area contributed by atoms with Crippen LogP contribution in [0.2, 0.25) is 0 Å². The van der Waals surface area contributed by atoms with Crippen molar-refractivity contribution in [2.45, 2.75) is 6.61 Å². The smallest absolute Gasteiger partial charge is 0.358 e. The molecule has 0 N–H and O–H groups in total. The Labute approximate surface area is 119 Å². The lowest BCUT2D eigenvalue weighted by Gasteiger charge is -2.02. The van der Waals surface area contributed by atoms with E-state index in [0.717, 1.165) is 5.56 Å². The molecule has 5 heteroatoms. The summed E-state index contributed by atoms with van der Waals surface area (Å²) in [5, 5.41) is 2.34. The first-order valence-electron chi connectivity index (χ1n) is 6.03. The second-order valence-corrected chi connectivity index (χ2v) is 4.94. The van der Waals surface area contributed by atoms with Gasteiger partial charge in [0.05, 0.1) is 6.26 Å². The van der Waals surface area contributed by atoms with Gasteiger partial charge < -0.3 is 9.15 Å². The maximum absolute atomic E-state index is 11.9. The molecular formula is C15H11NO3S. The molecule has 0 atom stereocenters. The van der Waals surface area contributed by atoms with Crippen molar-refractivity contribution < 1.29 is 13.9 Å². The number of carbonyl (C=O) groups excluding carboxylic acids is 1. The van der Waals surface area contributed by atoms with Crippen molar-refractivity contribution in [3.05, 3.63) is 65.4 Å². The normalized spacial score (nSPS) is 10.4. The molecule has 1 aromatic carbocycles. The fourth-order valence-electron chi connectivity index (χ4n) is 1.68. The number of carbonyl (C=O) groups is 1. The van der Waals surface area contributed by atoms with E-state index in [1.54, 1.807) is 23.8 Å². The molecule has 0 radical (unpaired) electrons. The van der Waals surface area contributed by atoms with Crippen LogP contribution in [0.4, 0.5) is 0 Å². The highest BCUT2D eigenvalue weighted by molar-refractivity contribution is 7.13. The summed E-state index contributed by atoms with van der Waals surface area (Å²) in [4.78, 5) is 16.1. The van der Waals surface area contributed by atoms with Gasteiger partial charge in [-0.3, -0.25) is 0 Å². The molecule has 0 amide bonds. The third kappa shape index (κ3) is 2.78. The van der Waals surface area contributed by atoms with E-state index in [0.29, 0.717) is 16.5 Å². The number of esters is 1. The van der Waals surface area contributed by atoms with Gasteiger partial charge in [0.25, 0.3) is 0 Å². The van der Waals surface area contributed by atoms with E-state index >= 15 is 0 Å². The van der Waals surface area contributed by atoms with Crippen LogP contribution >= 0.6 is 11.3 Å². The number of nitrogens with zero attached hydrogens (tertiary/aromatic N) is 1. The van der Waals surface area contributed by atoms with Gasteiger partial charge in [0.15, 0.2) is 16.5 Å². The van der Waals surface area contributed by atoms with Gasteiger partial charge in [-0.2, -0.15) is 0 Å². The number of thiazole rings is 1. The minimum absolute atomic E-state index is 0.243.